The zero-order valence-electron chi connectivity index (χ0n) is 28.3. The number of carbonyl (C=O) groups is 2. The minimum atomic E-state index is -0.677. The van der Waals surface area contributed by atoms with E-state index in [1.54, 1.807) is 0 Å². The third-order valence-corrected chi connectivity index (χ3v) is 8.49. The first-order valence-electron chi connectivity index (χ1n) is 18.7. The van der Waals surface area contributed by atoms with Gasteiger partial charge >= 0.3 is 11.9 Å². The van der Waals surface area contributed by atoms with Crippen LogP contribution in [0.5, 0.6) is 0 Å². The number of rotatable bonds is 34. The summed E-state index contributed by atoms with van der Waals surface area (Å²) in [6.07, 6.45) is 40.9. The summed E-state index contributed by atoms with van der Waals surface area (Å²) in [4.78, 5) is 23.2. The molecule has 0 bridgehead atoms. The quantitative estimate of drug-likeness (QED) is 0.0458. The Morgan fingerprint density at radius 3 is 1.31 bits per heavy atom. The van der Waals surface area contributed by atoms with Gasteiger partial charge in [-0.25, -0.2) is 0 Å². The van der Waals surface area contributed by atoms with Crippen LogP contribution in [0.2, 0.25) is 0 Å². The fourth-order valence-corrected chi connectivity index (χ4v) is 5.71. The largest absolute Gasteiger partial charge is 0.481 e. The lowest BCUT2D eigenvalue weighted by Gasteiger charge is -2.18. The lowest BCUT2D eigenvalue weighted by atomic mass is 10.0. The van der Waals surface area contributed by atoms with Gasteiger partial charge in [0, 0.05) is 12.8 Å². The number of esters is 1. The summed E-state index contributed by atoms with van der Waals surface area (Å²) in [5, 5.41) is 8.71. The zero-order chi connectivity index (χ0) is 30.8. The third kappa shape index (κ3) is 33.2. The average molecular weight is 593 g/mol. The van der Waals surface area contributed by atoms with E-state index in [2.05, 4.69) is 26.0 Å². The first kappa shape index (κ1) is 40.7. The van der Waals surface area contributed by atoms with Gasteiger partial charge in [-0.05, 0) is 64.2 Å². The highest BCUT2D eigenvalue weighted by Gasteiger charge is 2.14. The Kier molecular flexibility index (Phi) is 33.1. The average Bonchev–Trinajstić information content (AvgIpc) is 2.97. The Balaban J connectivity index is 4.01. The van der Waals surface area contributed by atoms with Gasteiger partial charge in [0.25, 0.3) is 0 Å². The number of hydrogen-bond donors (Lipinski definition) is 1. The van der Waals surface area contributed by atoms with Crippen LogP contribution in [0.25, 0.3) is 0 Å². The van der Waals surface area contributed by atoms with Crippen LogP contribution in [0.1, 0.15) is 213 Å². The molecule has 0 aromatic rings. The minimum Gasteiger partial charge on any atom is -0.481 e. The molecule has 0 amide bonds. The molecule has 0 heterocycles. The highest BCUT2D eigenvalue weighted by Crippen LogP contribution is 2.19. The van der Waals surface area contributed by atoms with Gasteiger partial charge < -0.3 is 9.84 Å². The summed E-state index contributed by atoms with van der Waals surface area (Å²) in [6.45, 7) is 4.53. The number of allylic oxidation sites excluding steroid dienone is 2. The van der Waals surface area contributed by atoms with Crippen molar-refractivity contribution in [2.24, 2.45) is 0 Å². The summed E-state index contributed by atoms with van der Waals surface area (Å²) in [7, 11) is 0. The third-order valence-electron chi connectivity index (χ3n) is 8.49. The predicted molar refractivity (Wildman–Crippen MR) is 181 cm³/mol. The molecule has 42 heavy (non-hydrogen) atoms. The van der Waals surface area contributed by atoms with Crippen molar-refractivity contribution in [2.75, 3.05) is 0 Å². The Hall–Kier alpha value is -1.32. The van der Waals surface area contributed by atoms with Gasteiger partial charge in [-0.3, -0.25) is 9.59 Å². The monoisotopic (exact) mass is 593 g/mol. The van der Waals surface area contributed by atoms with Crippen LogP contribution >= 0.6 is 0 Å². The van der Waals surface area contributed by atoms with E-state index in [9.17, 15) is 9.59 Å². The summed E-state index contributed by atoms with van der Waals surface area (Å²) >= 11 is 0. The standard InChI is InChI=1S/C38H72O4/c1-3-5-7-9-11-12-13-14-15-19-23-27-31-35-38(41)42-36(32-28-24-20-10-8-6-4-2)33-29-25-21-17-16-18-22-26-30-34-37(39)40/h12-13,36H,3-11,14-35H2,1-2H3,(H,39,40)/b13-12-. The van der Waals surface area contributed by atoms with Crippen LogP contribution in [0.3, 0.4) is 0 Å². The normalized spacial score (nSPS) is 12.2. The smallest absolute Gasteiger partial charge is 0.306 e. The Morgan fingerprint density at radius 1 is 0.500 bits per heavy atom. The maximum Gasteiger partial charge on any atom is 0.306 e. The van der Waals surface area contributed by atoms with E-state index in [1.165, 1.54) is 135 Å². The highest BCUT2D eigenvalue weighted by atomic mass is 16.5. The molecule has 0 rings (SSSR count). The molecule has 0 aliphatic heterocycles. The fourth-order valence-electron chi connectivity index (χ4n) is 5.71. The van der Waals surface area contributed by atoms with Gasteiger partial charge in [0.05, 0.1) is 0 Å². The molecule has 0 radical (unpaired) electrons. The number of unbranched alkanes of at least 4 members (excludes halogenated alkanes) is 23. The SMILES string of the molecule is CCCCCC/C=C\CCCCCCCC(=O)OC(CCCCCCCCC)CCCCCCCCCCCC(=O)O. The van der Waals surface area contributed by atoms with Crippen molar-refractivity contribution >= 4 is 11.9 Å². The fraction of sp³-hybridized carbons (Fsp3) is 0.895. The molecule has 4 nitrogen and oxygen atoms in total. The van der Waals surface area contributed by atoms with Crippen molar-refractivity contribution in [3.8, 4) is 0 Å². The summed E-state index contributed by atoms with van der Waals surface area (Å²) in [5.41, 5.74) is 0. The summed E-state index contributed by atoms with van der Waals surface area (Å²) < 4.78 is 6.01. The second-order valence-corrected chi connectivity index (χ2v) is 12.8. The van der Waals surface area contributed by atoms with E-state index in [1.807, 2.05) is 0 Å². The van der Waals surface area contributed by atoms with Crippen molar-refractivity contribution in [1.29, 1.82) is 0 Å². The second kappa shape index (κ2) is 34.2. The number of carboxylic acid groups (broad SMARTS) is 1. The van der Waals surface area contributed by atoms with Crippen molar-refractivity contribution in [2.45, 2.75) is 219 Å². The van der Waals surface area contributed by atoms with E-state index in [-0.39, 0.29) is 12.1 Å². The molecule has 0 saturated carbocycles. The van der Waals surface area contributed by atoms with E-state index < -0.39 is 5.97 Å². The molecule has 248 valence electrons. The molecule has 0 aliphatic carbocycles. The molecule has 0 fully saturated rings. The Bertz CT molecular complexity index is 600. The first-order chi connectivity index (χ1) is 20.6. The molecule has 0 aromatic heterocycles. The van der Waals surface area contributed by atoms with Gasteiger partial charge in [-0.1, -0.05) is 148 Å². The molecular weight excluding hydrogens is 520 g/mol. The van der Waals surface area contributed by atoms with Gasteiger partial charge in [0.1, 0.15) is 6.10 Å². The first-order valence-corrected chi connectivity index (χ1v) is 18.7. The zero-order valence-corrected chi connectivity index (χ0v) is 28.3. The predicted octanol–water partition coefficient (Wildman–Crippen LogP) is 12.7. The van der Waals surface area contributed by atoms with Crippen LogP contribution in [-0.4, -0.2) is 23.1 Å². The molecular formula is C38H72O4. The van der Waals surface area contributed by atoms with Crippen LogP contribution in [0.15, 0.2) is 12.2 Å². The molecule has 0 saturated heterocycles. The van der Waals surface area contributed by atoms with Gasteiger partial charge in [-0.2, -0.15) is 0 Å². The van der Waals surface area contributed by atoms with Crippen molar-refractivity contribution in [3.05, 3.63) is 12.2 Å². The summed E-state index contributed by atoms with van der Waals surface area (Å²) in [6, 6.07) is 0. The van der Waals surface area contributed by atoms with Gasteiger partial charge in [0.15, 0.2) is 0 Å². The number of aliphatic carboxylic acids is 1. The maximum absolute atomic E-state index is 12.6. The molecule has 0 spiro atoms. The van der Waals surface area contributed by atoms with Gasteiger partial charge in [0.2, 0.25) is 0 Å². The lowest BCUT2D eigenvalue weighted by molar-refractivity contribution is -0.150. The van der Waals surface area contributed by atoms with Gasteiger partial charge in [-0.15, -0.1) is 0 Å². The van der Waals surface area contributed by atoms with E-state index >= 15 is 0 Å². The van der Waals surface area contributed by atoms with Crippen LogP contribution < -0.4 is 0 Å². The van der Waals surface area contributed by atoms with Crippen molar-refractivity contribution < 1.29 is 19.4 Å². The maximum atomic E-state index is 12.6. The molecule has 1 unspecified atom stereocenters. The topological polar surface area (TPSA) is 63.6 Å². The lowest BCUT2D eigenvalue weighted by Crippen LogP contribution is -2.18. The molecule has 1 atom stereocenters. The number of ether oxygens (including phenoxy) is 1. The number of carboxylic acids is 1. The van der Waals surface area contributed by atoms with Crippen molar-refractivity contribution in [3.63, 3.8) is 0 Å². The number of carbonyl (C=O) groups excluding carboxylic acids is 1. The molecule has 4 heteroatoms. The second-order valence-electron chi connectivity index (χ2n) is 12.8. The van der Waals surface area contributed by atoms with E-state index in [4.69, 9.17) is 9.84 Å². The number of hydrogen-bond acceptors (Lipinski definition) is 3. The van der Waals surface area contributed by atoms with E-state index in [0.717, 1.165) is 51.4 Å². The molecule has 0 aliphatic rings. The molecule has 1 N–H and O–H groups in total. The van der Waals surface area contributed by atoms with Crippen LogP contribution in [0, 0.1) is 0 Å². The molecule has 0 aromatic carbocycles. The highest BCUT2D eigenvalue weighted by molar-refractivity contribution is 5.69. The summed E-state index contributed by atoms with van der Waals surface area (Å²) in [5.74, 6) is -0.652. The van der Waals surface area contributed by atoms with Crippen LogP contribution in [-0.2, 0) is 14.3 Å². The van der Waals surface area contributed by atoms with E-state index in [0.29, 0.717) is 12.8 Å². The van der Waals surface area contributed by atoms with Crippen molar-refractivity contribution in [1.82, 2.24) is 0 Å². The Labute approximate surface area is 262 Å². The Morgan fingerprint density at radius 2 is 0.857 bits per heavy atom. The van der Waals surface area contributed by atoms with Crippen LogP contribution in [0.4, 0.5) is 0 Å². The minimum absolute atomic E-state index is 0.0249.